The van der Waals surface area contributed by atoms with Crippen LogP contribution in [-0.2, 0) is 17.8 Å². The number of imidazole rings is 1. The van der Waals surface area contributed by atoms with Crippen molar-refractivity contribution < 1.29 is 4.79 Å². The highest BCUT2D eigenvalue weighted by Gasteiger charge is 2.23. The van der Waals surface area contributed by atoms with Gasteiger partial charge in [-0.3, -0.25) is 4.79 Å². The fourth-order valence-corrected chi connectivity index (χ4v) is 1.54. The molecule has 1 heterocycles. The molecular formula is C11H18N4O. The Balaban J connectivity index is 1.79. The summed E-state index contributed by atoms with van der Waals surface area (Å²) in [6.45, 7) is 1.29. The summed E-state index contributed by atoms with van der Waals surface area (Å²) in [5.41, 5.74) is 1.02. The first kappa shape index (κ1) is 11.1. The highest BCUT2D eigenvalue weighted by atomic mass is 16.2. The molecule has 0 bridgehead atoms. The van der Waals surface area contributed by atoms with Crippen molar-refractivity contribution in [2.45, 2.75) is 31.8 Å². The van der Waals surface area contributed by atoms with Crippen LogP contribution in [0.3, 0.4) is 0 Å². The summed E-state index contributed by atoms with van der Waals surface area (Å²) in [6, 6.07) is 0.430. The minimum Gasteiger partial charge on any atom is -0.352 e. The predicted molar refractivity (Wildman–Crippen MR) is 61.0 cm³/mol. The van der Waals surface area contributed by atoms with Gasteiger partial charge in [-0.25, -0.2) is 4.98 Å². The minimum absolute atomic E-state index is 0.0834. The number of nitrogens with one attached hydrogen (secondary N) is 2. The van der Waals surface area contributed by atoms with Crippen LogP contribution in [-0.4, -0.2) is 35.1 Å². The first-order chi connectivity index (χ1) is 7.78. The van der Waals surface area contributed by atoms with Crippen molar-refractivity contribution in [2.75, 3.05) is 13.6 Å². The molecule has 1 fully saturated rings. The SMILES string of the molecule is CNCCc1cn(CC(=O)NC2CC2)cn1. The summed E-state index contributed by atoms with van der Waals surface area (Å²) in [7, 11) is 1.92. The Morgan fingerprint density at radius 2 is 2.44 bits per heavy atom. The number of carbonyl (C=O) groups is 1. The topological polar surface area (TPSA) is 59.0 Å². The van der Waals surface area contributed by atoms with Crippen LogP contribution in [0.5, 0.6) is 0 Å². The Morgan fingerprint density at radius 1 is 1.62 bits per heavy atom. The Kier molecular flexibility index (Phi) is 3.56. The van der Waals surface area contributed by atoms with Gasteiger partial charge < -0.3 is 15.2 Å². The number of amides is 1. The average molecular weight is 222 g/mol. The molecule has 1 amide bonds. The van der Waals surface area contributed by atoms with Crippen LogP contribution in [0.2, 0.25) is 0 Å². The Labute approximate surface area is 95.2 Å². The second-order valence-corrected chi connectivity index (χ2v) is 4.23. The van der Waals surface area contributed by atoms with Gasteiger partial charge in [0.05, 0.1) is 12.0 Å². The van der Waals surface area contributed by atoms with E-state index in [1.165, 1.54) is 0 Å². The molecule has 0 aromatic carbocycles. The molecule has 0 atom stereocenters. The molecular weight excluding hydrogens is 204 g/mol. The van der Waals surface area contributed by atoms with Gasteiger partial charge in [-0.15, -0.1) is 0 Å². The van der Waals surface area contributed by atoms with Crippen LogP contribution in [0.15, 0.2) is 12.5 Å². The van der Waals surface area contributed by atoms with Crippen molar-refractivity contribution in [3.8, 4) is 0 Å². The summed E-state index contributed by atoms with van der Waals surface area (Å²) in [6.07, 6.45) is 6.81. The molecule has 2 rings (SSSR count). The number of carbonyl (C=O) groups excluding carboxylic acids is 1. The van der Waals surface area contributed by atoms with Gasteiger partial charge in [-0.05, 0) is 19.9 Å². The predicted octanol–water partition coefficient (Wildman–Crippen LogP) is -0.0764. The van der Waals surface area contributed by atoms with Gasteiger partial charge in [-0.2, -0.15) is 0 Å². The summed E-state index contributed by atoms with van der Waals surface area (Å²) in [5, 5.41) is 6.03. The van der Waals surface area contributed by atoms with Gasteiger partial charge in [-0.1, -0.05) is 0 Å². The molecule has 0 radical (unpaired) electrons. The number of hydrogen-bond acceptors (Lipinski definition) is 3. The third kappa shape index (κ3) is 3.34. The lowest BCUT2D eigenvalue weighted by molar-refractivity contribution is -0.121. The van der Waals surface area contributed by atoms with Crippen molar-refractivity contribution in [1.82, 2.24) is 20.2 Å². The smallest absolute Gasteiger partial charge is 0.240 e. The molecule has 1 aliphatic carbocycles. The fraction of sp³-hybridized carbons (Fsp3) is 0.636. The number of hydrogen-bond donors (Lipinski definition) is 2. The van der Waals surface area contributed by atoms with E-state index < -0.39 is 0 Å². The van der Waals surface area contributed by atoms with Gasteiger partial charge in [0.15, 0.2) is 0 Å². The van der Waals surface area contributed by atoms with E-state index in [2.05, 4.69) is 15.6 Å². The average Bonchev–Trinajstić information content (AvgIpc) is 2.94. The standard InChI is InChI=1S/C11H18N4O/c1-12-5-4-10-6-15(8-13-10)7-11(16)14-9-2-3-9/h6,8-9,12H,2-5,7H2,1H3,(H,14,16). The normalized spacial score (nSPS) is 15.1. The molecule has 5 nitrogen and oxygen atoms in total. The number of likely N-dealkylation sites (N-methyl/N-ethyl adjacent to an activating group) is 1. The summed E-state index contributed by atoms with van der Waals surface area (Å²) in [5.74, 6) is 0.0834. The lowest BCUT2D eigenvalue weighted by Gasteiger charge is -2.03. The van der Waals surface area contributed by atoms with Crippen molar-refractivity contribution in [2.24, 2.45) is 0 Å². The van der Waals surface area contributed by atoms with E-state index in [9.17, 15) is 4.79 Å². The maximum Gasteiger partial charge on any atom is 0.240 e. The Morgan fingerprint density at radius 3 is 3.12 bits per heavy atom. The number of rotatable bonds is 6. The van der Waals surface area contributed by atoms with Crippen molar-refractivity contribution in [3.05, 3.63) is 18.2 Å². The summed E-state index contributed by atoms with van der Waals surface area (Å²) in [4.78, 5) is 15.8. The van der Waals surface area contributed by atoms with Crippen molar-refractivity contribution in [3.63, 3.8) is 0 Å². The van der Waals surface area contributed by atoms with Crippen LogP contribution in [0, 0.1) is 0 Å². The molecule has 0 saturated heterocycles. The van der Waals surface area contributed by atoms with Gasteiger partial charge in [0.1, 0.15) is 6.54 Å². The first-order valence-electron chi connectivity index (χ1n) is 5.72. The van der Waals surface area contributed by atoms with Gasteiger partial charge in [0.2, 0.25) is 5.91 Å². The maximum absolute atomic E-state index is 11.5. The van der Waals surface area contributed by atoms with E-state index in [0.29, 0.717) is 12.6 Å². The molecule has 0 aliphatic heterocycles. The molecule has 2 N–H and O–H groups in total. The second kappa shape index (κ2) is 5.12. The van der Waals surface area contributed by atoms with Crippen molar-refractivity contribution in [1.29, 1.82) is 0 Å². The molecule has 0 unspecified atom stereocenters. The lowest BCUT2D eigenvalue weighted by atomic mass is 10.3. The van der Waals surface area contributed by atoms with Gasteiger partial charge in [0.25, 0.3) is 0 Å². The van der Waals surface area contributed by atoms with Crippen LogP contribution < -0.4 is 10.6 Å². The number of nitrogens with zero attached hydrogens (tertiary/aromatic N) is 2. The molecule has 88 valence electrons. The molecule has 1 aromatic heterocycles. The summed E-state index contributed by atoms with van der Waals surface area (Å²) >= 11 is 0. The molecule has 1 saturated carbocycles. The second-order valence-electron chi connectivity index (χ2n) is 4.23. The van der Waals surface area contributed by atoms with E-state index in [1.807, 2.05) is 17.8 Å². The Bertz CT molecular complexity index is 357. The van der Waals surface area contributed by atoms with Crippen molar-refractivity contribution >= 4 is 5.91 Å². The van der Waals surface area contributed by atoms with Crippen LogP contribution >= 0.6 is 0 Å². The van der Waals surface area contributed by atoms with Crippen LogP contribution in [0.25, 0.3) is 0 Å². The first-order valence-corrected chi connectivity index (χ1v) is 5.72. The molecule has 1 aromatic rings. The number of aromatic nitrogens is 2. The largest absolute Gasteiger partial charge is 0.352 e. The van der Waals surface area contributed by atoms with Crippen LogP contribution in [0.4, 0.5) is 0 Å². The third-order valence-electron chi connectivity index (χ3n) is 2.59. The van der Waals surface area contributed by atoms with E-state index in [4.69, 9.17) is 0 Å². The van der Waals surface area contributed by atoms with E-state index in [-0.39, 0.29) is 5.91 Å². The summed E-state index contributed by atoms with van der Waals surface area (Å²) < 4.78 is 1.84. The zero-order valence-electron chi connectivity index (χ0n) is 9.57. The monoisotopic (exact) mass is 222 g/mol. The molecule has 1 aliphatic rings. The lowest BCUT2D eigenvalue weighted by Crippen LogP contribution is -2.28. The molecule has 0 spiro atoms. The highest BCUT2D eigenvalue weighted by Crippen LogP contribution is 2.18. The zero-order chi connectivity index (χ0) is 11.4. The van der Waals surface area contributed by atoms with E-state index in [1.54, 1.807) is 6.33 Å². The fourth-order valence-electron chi connectivity index (χ4n) is 1.54. The highest BCUT2D eigenvalue weighted by molar-refractivity contribution is 5.76. The van der Waals surface area contributed by atoms with E-state index in [0.717, 1.165) is 31.5 Å². The Hall–Kier alpha value is -1.36. The maximum atomic E-state index is 11.5. The zero-order valence-corrected chi connectivity index (χ0v) is 9.57. The minimum atomic E-state index is 0.0834. The quantitative estimate of drug-likeness (QED) is 0.708. The molecule has 5 heteroatoms. The van der Waals surface area contributed by atoms with E-state index >= 15 is 0 Å². The van der Waals surface area contributed by atoms with Crippen LogP contribution in [0.1, 0.15) is 18.5 Å². The van der Waals surface area contributed by atoms with Gasteiger partial charge >= 0.3 is 0 Å². The van der Waals surface area contributed by atoms with Gasteiger partial charge in [0, 0.05) is 25.2 Å². The third-order valence-corrected chi connectivity index (χ3v) is 2.59. The molecule has 16 heavy (non-hydrogen) atoms.